The molecule has 0 aromatic heterocycles. The predicted molar refractivity (Wildman–Crippen MR) is 83.3 cm³/mol. The maximum absolute atomic E-state index is 12.6. The highest BCUT2D eigenvalue weighted by Crippen LogP contribution is 2.27. The second kappa shape index (κ2) is 6.92. The quantitative estimate of drug-likeness (QED) is 0.828. The van der Waals surface area contributed by atoms with E-state index in [1.807, 2.05) is 19.1 Å². The molecule has 2 rings (SSSR count). The molecule has 1 aromatic carbocycles. The average Bonchev–Trinajstić information content (AvgIpc) is 2.43. The van der Waals surface area contributed by atoms with E-state index in [0.717, 1.165) is 25.7 Å². The molecule has 0 heterocycles. The summed E-state index contributed by atoms with van der Waals surface area (Å²) < 4.78 is 27.0. The molecule has 0 aliphatic heterocycles. The van der Waals surface area contributed by atoms with Gasteiger partial charge >= 0.3 is 0 Å². The summed E-state index contributed by atoms with van der Waals surface area (Å²) in [7, 11) is -3.30. The van der Waals surface area contributed by atoms with E-state index in [9.17, 15) is 8.42 Å². The van der Waals surface area contributed by atoms with Crippen LogP contribution < -0.4 is 0 Å². The second-order valence-corrected chi connectivity index (χ2v) is 7.67. The minimum absolute atomic E-state index is 0.00296. The Morgan fingerprint density at radius 3 is 2.45 bits per heavy atom. The maximum atomic E-state index is 12.6. The number of sulfonamides is 1. The van der Waals surface area contributed by atoms with E-state index in [-0.39, 0.29) is 11.8 Å². The normalized spacial score (nSPS) is 17.6. The molecule has 1 aromatic rings. The third-order valence-corrected chi connectivity index (χ3v) is 6.26. The number of nitrogens with zero attached hydrogens (tertiary/aromatic N) is 1. The molecule has 1 aliphatic rings. The van der Waals surface area contributed by atoms with Gasteiger partial charge in [0.1, 0.15) is 0 Å². The summed E-state index contributed by atoms with van der Waals surface area (Å²) in [5, 5.41) is 0.524. The highest BCUT2D eigenvalue weighted by Gasteiger charge is 2.30. The first-order valence-corrected chi connectivity index (χ1v) is 9.26. The smallest absolute Gasteiger partial charge is 0.212 e. The molecule has 0 atom stereocenters. The van der Waals surface area contributed by atoms with E-state index in [1.165, 1.54) is 6.42 Å². The summed E-state index contributed by atoms with van der Waals surface area (Å²) in [6.07, 6.45) is 5.44. The van der Waals surface area contributed by atoms with Crippen LogP contribution in [0.5, 0.6) is 0 Å². The minimum Gasteiger partial charge on any atom is -0.212 e. The van der Waals surface area contributed by atoms with Crippen LogP contribution in [0.2, 0.25) is 5.02 Å². The Morgan fingerprint density at radius 2 is 1.85 bits per heavy atom. The Kier molecular flexibility index (Phi) is 5.47. The van der Waals surface area contributed by atoms with E-state index in [1.54, 1.807) is 16.4 Å². The molecule has 0 N–H and O–H groups in total. The fraction of sp³-hybridized carbons (Fsp3) is 0.600. The summed E-state index contributed by atoms with van der Waals surface area (Å²) in [5.41, 5.74) is 0.684. The number of halogens is 1. The first kappa shape index (κ1) is 15.8. The molecule has 1 fully saturated rings. The standard InChI is InChI=1S/C15H22ClNO2S/c1-2-17(14-9-4-3-5-10-14)20(18,19)12-13-8-6-7-11-15(13)16/h6-8,11,14H,2-5,9-10,12H2,1H3. The van der Waals surface area contributed by atoms with Gasteiger partial charge in [0.2, 0.25) is 10.0 Å². The van der Waals surface area contributed by atoms with Gasteiger partial charge in [-0.1, -0.05) is 56.0 Å². The average molecular weight is 316 g/mol. The maximum Gasteiger partial charge on any atom is 0.218 e. The molecule has 0 spiro atoms. The lowest BCUT2D eigenvalue weighted by atomic mass is 9.95. The van der Waals surface area contributed by atoms with Crippen molar-refractivity contribution in [3.05, 3.63) is 34.9 Å². The third-order valence-electron chi connectivity index (χ3n) is 3.95. The van der Waals surface area contributed by atoms with E-state index in [2.05, 4.69) is 0 Å². The van der Waals surface area contributed by atoms with E-state index in [0.29, 0.717) is 17.1 Å². The molecule has 0 bridgehead atoms. The van der Waals surface area contributed by atoms with Gasteiger partial charge in [-0.25, -0.2) is 8.42 Å². The zero-order valence-electron chi connectivity index (χ0n) is 11.9. The van der Waals surface area contributed by atoms with Gasteiger partial charge in [-0.3, -0.25) is 0 Å². The Balaban J connectivity index is 2.17. The van der Waals surface area contributed by atoms with Gasteiger partial charge in [0.05, 0.1) is 5.75 Å². The molecule has 0 unspecified atom stereocenters. The van der Waals surface area contributed by atoms with Crippen LogP contribution in [0.25, 0.3) is 0 Å². The van der Waals surface area contributed by atoms with E-state index < -0.39 is 10.0 Å². The number of hydrogen-bond acceptors (Lipinski definition) is 2. The summed E-state index contributed by atoms with van der Waals surface area (Å²) in [6, 6.07) is 7.34. The van der Waals surface area contributed by atoms with Crippen molar-refractivity contribution in [2.24, 2.45) is 0 Å². The van der Waals surface area contributed by atoms with Gasteiger partial charge in [-0.2, -0.15) is 4.31 Å². The zero-order valence-corrected chi connectivity index (χ0v) is 13.5. The Hall–Kier alpha value is -0.580. The van der Waals surface area contributed by atoms with Crippen molar-refractivity contribution in [2.45, 2.75) is 50.8 Å². The molecular weight excluding hydrogens is 294 g/mol. The van der Waals surface area contributed by atoms with Gasteiger partial charge in [0.15, 0.2) is 0 Å². The molecule has 1 aliphatic carbocycles. The lowest BCUT2D eigenvalue weighted by molar-refractivity contribution is 0.261. The third kappa shape index (κ3) is 3.74. The topological polar surface area (TPSA) is 37.4 Å². The van der Waals surface area contributed by atoms with Crippen molar-refractivity contribution in [3.8, 4) is 0 Å². The molecule has 3 nitrogen and oxygen atoms in total. The van der Waals surface area contributed by atoms with Crippen molar-refractivity contribution in [2.75, 3.05) is 6.54 Å². The van der Waals surface area contributed by atoms with Gasteiger partial charge in [-0.15, -0.1) is 0 Å². The van der Waals surface area contributed by atoms with Gasteiger partial charge < -0.3 is 0 Å². The highest BCUT2D eigenvalue weighted by atomic mass is 35.5. The van der Waals surface area contributed by atoms with Crippen molar-refractivity contribution in [3.63, 3.8) is 0 Å². The fourth-order valence-corrected chi connectivity index (χ4v) is 5.10. The van der Waals surface area contributed by atoms with E-state index in [4.69, 9.17) is 11.6 Å². The summed E-state index contributed by atoms with van der Waals surface area (Å²) in [5.74, 6) is -0.00296. The van der Waals surface area contributed by atoms with Gasteiger partial charge in [-0.05, 0) is 24.5 Å². The molecule has 0 amide bonds. The number of benzene rings is 1. The Labute approximate surface area is 127 Å². The predicted octanol–water partition coefficient (Wildman–Crippen LogP) is 3.82. The minimum atomic E-state index is -3.30. The first-order chi connectivity index (χ1) is 9.54. The van der Waals surface area contributed by atoms with Crippen molar-refractivity contribution >= 4 is 21.6 Å². The zero-order chi connectivity index (χ0) is 14.6. The van der Waals surface area contributed by atoms with Crippen LogP contribution in [-0.2, 0) is 15.8 Å². The van der Waals surface area contributed by atoms with Crippen LogP contribution >= 0.6 is 11.6 Å². The molecular formula is C15H22ClNO2S. The van der Waals surface area contributed by atoms with Crippen LogP contribution in [0.15, 0.2) is 24.3 Å². The summed E-state index contributed by atoms with van der Waals surface area (Å²) in [6.45, 7) is 2.45. The van der Waals surface area contributed by atoms with Crippen LogP contribution in [0.3, 0.4) is 0 Å². The monoisotopic (exact) mass is 315 g/mol. The molecule has 1 saturated carbocycles. The molecule has 5 heteroatoms. The van der Waals surface area contributed by atoms with Crippen LogP contribution in [0, 0.1) is 0 Å². The molecule has 112 valence electrons. The number of hydrogen-bond donors (Lipinski definition) is 0. The summed E-state index contributed by atoms with van der Waals surface area (Å²) in [4.78, 5) is 0. The van der Waals surface area contributed by atoms with Crippen molar-refractivity contribution in [1.82, 2.24) is 4.31 Å². The lowest BCUT2D eigenvalue weighted by Crippen LogP contribution is -2.41. The molecule has 0 radical (unpaired) electrons. The fourth-order valence-electron chi connectivity index (χ4n) is 2.95. The van der Waals surface area contributed by atoms with Crippen LogP contribution in [0.1, 0.15) is 44.6 Å². The van der Waals surface area contributed by atoms with Gasteiger partial charge in [0, 0.05) is 17.6 Å². The van der Waals surface area contributed by atoms with E-state index >= 15 is 0 Å². The van der Waals surface area contributed by atoms with Crippen molar-refractivity contribution in [1.29, 1.82) is 0 Å². The highest BCUT2D eigenvalue weighted by molar-refractivity contribution is 7.88. The van der Waals surface area contributed by atoms with Crippen LogP contribution in [-0.4, -0.2) is 25.3 Å². The van der Waals surface area contributed by atoms with Crippen LogP contribution in [0.4, 0.5) is 0 Å². The Bertz CT molecular complexity index is 539. The SMILES string of the molecule is CCN(C1CCCCC1)S(=O)(=O)Cc1ccccc1Cl. The summed E-state index contributed by atoms with van der Waals surface area (Å²) >= 11 is 6.08. The van der Waals surface area contributed by atoms with Gasteiger partial charge in [0.25, 0.3) is 0 Å². The molecule has 0 saturated heterocycles. The Morgan fingerprint density at radius 1 is 1.20 bits per heavy atom. The lowest BCUT2D eigenvalue weighted by Gasteiger charge is -2.32. The van der Waals surface area contributed by atoms with Crippen molar-refractivity contribution < 1.29 is 8.42 Å². The second-order valence-electron chi connectivity index (χ2n) is 5.34. The first-order valence-electron chi connectivity index (χ1n) is 7.27. The number of rotatable bonds is 5. The molecule has 20 heavy (non-hydrogen) atoms. The largest absolute Gasteiger partial charge is 0.218 e.